The Kier molecular flexibility index (Phi) is 75.3. The Balaban J connectivity index is -0.0000000412. The zero-order chi connectivity index (χ0) is 6.83. The largest absolute Gasteiger partial charge is 2.00 e. The Hall–Kier alpha value is 0.593. The molecule has 0 atom stereocenters. The number of hydrogen-bond acceptors (Lipinski definition) is 1. The average molecular weight is 257 g/mol. The molecule has 0 amide bonds. The van der Waals surface area contributed by atoms with Crippen molar-refractivity contribution in [1.29, 1.82) is 5.26 Å². The van der Waals surface area contributed by atoms with E-state index in [9.17, 15) is 0 Å². The normalized spacial score (nSPS) is 5.60. The van der Waals surface area contributed by atoms with Crippen LogP contribution in [0.1, 0.15) is 32.6 Å². The summed E-state index contributed by atoms with van der Waals surface area (Å²) in [7, 11) is 0. The third-order valence-corrected chi connectivity index (χ3v) is 0.854. The predicted octanol–water partition coefficient (Wildman–Crippen LogP) is 3.07. The van der Waals surface area contributed by atoms with E-state index in [1.165, 1.54) is 19.3 Å². The van der Waals surface area contributed by atoms with Gasteiger partial charge in [0.15, 0.2) is 0 Å². The minimum atomic E-state index is 0. The van der Waals surface area contributed by atoms with E-state index < -0.39 is 0 Å². The van der Waals surface area contributed by atoms with Crippen molar-refractivity contribution in [2.24, 2.45) is 0 Å². The molecule has 0 unspecified atom stereocenters. The quantitative estimate of drug-likeness (QED) is 0.433. The Morgan fingerprint density at radius 3 is 1.80 bits per heavy atom. The zero-order valence-electron chi connectivity index (χ0n) is 6.60. The van der Waals surface area contributed by atoms with Gasteiger partial charge in [-0.3, -0.25) is 0 Å². The molecule has 1 nitrogen and oxygen atoms in total. The van der Waals surface area contributed by atoms with Crippen LogP contribution in [-0.4, -0.2) is 0 Å². The van der Waals surface area contributed by atoms with Gasteiger partial charge in [-0.2, -0.15) is 6.42 Å². The molecule has 56 valence electrons. The van der Waals surface area contributed by atoms with E-state index in [0.717, 1.165) is 6.42 Å². The van der Waals surface area contributed by atoms with Gasteiger partial charge in [0.05, 0.1) is 0 Å². The van der Waals surface area contributed by atoms with Crippen LogP contribution in [0, 0.1) is 18.8 Å². The molecule has 0 aliphatic carbocycles. The van der Waals surface area contributed by atoms with Gasteiger partial charge in [-0.25, -0.2) is 0 Å². The van der Waals surface area contributed by atoms with E-state index in [2.05, 4.69) is 13.8 Å². The van der Waals surface area contributed by atoms with E-state index in [0.29, 0.717) is 0 Å². The fourth-order valence-corrected chi connectivity index (χ4v) is 0.427. The number of hydrogen-bond donors (Lipinski definition) is 0. The third-order valence-electron chi connectivity index (χ3n) is 0.854. The van der Waals surface area contributed by atoms with E-state index in [1.807, 2.05) is 0 Å². The third kappa shape index (κ3) is 38.4. The first-order valence-corrected chi connectivity index (χ1v) is 2.93. The predicted molar refractivity (Wildman–Crippen MR) is 44.8 cm³/mol. The van der Waals surface area contributed by atoms with Crippen molar-refractivity contribution in [2.45, 2.75) is 32.6 Å². The van der Waals surface area contributed by atoms with E-state index in [-0.39, 0.29) is 36.5 Å². The summed E-state index contributed by atoms with van der Waals surface area (Å²) in [4.78, 5) is 0. The van der Waals surface area contributed by atoms with Gasteiger partial charge in [-0.05, 0) is 0 Å². The number of unbranched alkanes of at least 4 members (excludes halogenated alkanes) is 3. The fourth-order valence-electron chi connectivity index (χ4n) is 0.427. The summed E-state index contributed by atoms with van der Waals surface area (Å²) in [6.45, 7) is 10.7. The van der Waals surface area contributed by atoms with Crippen molar-refractivity contribution in [2.75, 3.05) is 0 Å². The molecule has 0 spiro atoms. The van der Waals surface area contributed by atoms with Crippen LogP contribution < -0.4 is 0 Å². The Bertz CT molecular complexity index is 44.1. The number of nitrogens with zero attached hydrogens (tertiary/aromatic N) is 1. The van der Waals surface area contributed by atoms with E-state index >= 15 is 0 Å². The van der Waals surface area contributed by atoms with Gasteiger partial charge in [0, 0.05) is 0 Å². The molecule has 0 saturated carbocycles. The summed E-state index contributed by atoms with van der Waals surface area (Å²) in [5, 5.41) is 6.25. The van der Waals surface area contributed by atoms with Crippen molar-refractivity contribution >= 4 is 17.0 Å². The standard InChI is InChI=1S/C6H13.CN.BrH.Zn/c1-3-5-6-4-2;1-2;;/h1,3-6H2,2H3;;1H;/q2*-1;;+2. The molecule has 0 N–H and O–H groups in total. The van der Waals surface area contributed by atoms with Crippen LogP contribution in [0.15, 0.2) is 0 Å². The van der Waals surface area contributed by atoms with Gasteiger partial charge < -0.3 is 18.8 Å². The second-order valence-electron chi connectivity index (χ2n) is 1.56. The summed E-state index contributed by atoms with van der Waals surface area (Å²) < 4.78 is 0. The molecule has 0 aromatic rings. The smallest absolute Gasteiger partial charge is 0.512 e. The van der Waals surface area contributed by atoms with Crippen LogP contribution in [0.25, 0.3) is 0 Å². The topological polar surface area (TPSA) is 23.8 Å². The van der Waals surface area contributed by atoms with Gasteiger partial charge >= 0.3 is 19.5 Å². The summed E-state index contributed by atoms with van der Waals surface area (Å²) in [6, 6.07) is 0. The van der Waals surface area contributed by atoms with E-state index in [4.69, 9.17) is 11.8 Å². The fraction of sp³-hybridized carbons (Fsp3) is 0.714. The second-order valence-corrected chi connectivity index (χ2v) is 1.56. The molecule has 0 radical (unpaired) electrons. The molecule has 0 aliphatic rings. The molecule has 10 heavy (non-hydrogen) atoms. The van der Waals surface area contributed by atoms with E-state index in [1.54, 1.807) is 0 Å². The summed E-state index contributed by atoms with van der Waals surface area (Å²) in [5.41, 5.74) is 0. The van der Waals surface area contributed by atoms with Crippen LogP contribution >= 0.6 is 17.0 Å². The average Bonchev–Trinajstić information content (AvgIpc) is 1.88. The Labute approximate surface area is 87.7 Å². The number of rotatable bonds is 3. The van der Waals surface area contributed by atoms with Crippen molar-refractivity contribution in [3.63, 3.8) is 0 Å². The first-order valence-electron chi connectivity index (χ1n) is 2.93. The first kappa shape index (κ1) is 22.4. The number of halogens is 1. The maximum Gasteiger partial charge on any atom is 2.00 e. The minimum Gasteiger partial charge on any atom is -0.512 e. The maximum absolute atomic E-state index is 6.25. The summed E-state index contributed by atoms with van der Waals surface area (Å²) >= 11 is 0. The molecule has 0 rings (SSSR count). The monoisotopic (exact) mass is 255 g/mol. The van der Waals surface area contributed by atoms with Crippen LogP contribution in [0.2, 0.25) is 0 Å². The molecular weight excluding hydrogens is 243 g/mol. The molecule has 0 fully saturated rings. The SMILES string of the molecule is Br.[C-]#N.[CH2-]CCCCC.[Zn+2]. The second kappa shape index (κ2) is 33.6. The van der Waals surface area contributed by atoms with Crippen molar-refractivity contribution in [3.05, 3.63) is 13.5 Å². The van der Waals surface area contributed by atoms with Crippen LogP contribution in [0.3, 0.4) is 0 Å². The maximum atomic E-state index is 6.25. The Morgan fingerprint density at radius 2 is 1.70 bits per heavy atom. The van der Waals surface area contributed by atoms with Crippen LogP contribution in [0.5, 0.6) is 0 Å². The minimum absolute atomic E-state index is 0. The van der Waals surface area contributed by atoms with Crippen molar-refractivity contribution in [1.82, 2.24) is 0 Å². The molecule has 0 saturated heterocycles. The zero-order valence-corrected chi connectivity index (χ0v) is 11.3. The summed E-state index contributed by atoms with van der Waals surface area (Å²) in [5.74, 6) is 0. The first-order chi connectivity index (χ1) is 3.91. The molecule has 3 heteroatoms. The molecule has 0 aromatic carbocycles. The summed E-state index contributed by atoms with van der Waals surface area (Å²) in [6.07, 6.45) is 5.07. The van der Waals surface area contributed by atoms with Gasteiger partial charge in [-0.1, -0.05) is 26.2 Å². The van der Waals surface area contributed by atoms with Gasteiger partial charge in [0.25, 0.3) is 0 Å². The van der Waals surface area contributed by atoms with Gasteiger partial charge in [0.1, 0.15) is 0 Å². The molecule has 0 heterocycles. The van der Waals surface area contributed by atoms with Crippen LogP contribution in [0.4, 0.5) is 0 Å². The van der Waals surface area contributed by atoms with Crippen LogP contribution in [-0.2, 0) is 19.5 Å². The molecule has 0 aliphatic heterocycles. The van der Waals surface area contributed by atoms with Crippen molar-refractivity contribution < 1.29 is 19.5 Å². The van der Waals surface area contributed by atoms with Crippen molar-refractivity contribution in [3.8, 4) is 0 Å². The van der Waals surface area contributed by atoms with Gasteiger partial charge in [-0.15, -0.1) is 17.0 Å². The van der Waals surface area contributed by atoms with Gasteiger partial charge in [0.2, 0.25) is 0 Å². The molecular formula is C7H14BrNZn. The Morgan fingerprint density at radius 1 is 1.30 bits per heavy atom. The molecule has 0 aromatic heterocycles. The molecule has 0 bridgehead atoms.